The zero-order valence-electron chi connectivity index (χ0n) is 10.9. The molecule has 3 rings (SSSR count). The van der Waals surface area contributed by atoms with Crippen molar-refractivity contribution >= 4 is 17.1 Å². The van der Waals surface area contributed by atoms with E-state index in [0.717, 1.165) is 17.6 Å². The lowest BCUT2D eigenvalue weighted by Crippen LogP contribution is -2.51. The molecule has 0 aromatic carbocycles. The predicted octanol–water partition coefficient (Wildman–Crippen LogP) is 2.00. The molecule has 1 aliphatic rings. The second-order valence-corrected chi connectivity index (χ2v) is 5.48. The number of aromatic nitrogens is 3. The van der Waals surface area contributed by atoms with Gasteiger partial charge in [-0.25, -0.2) is 9.97 Å². The van der Waals surface area contributed by atoms with E-state index in [2.05, 4.69) is 23.8 Å². The molecule has 2 aromatic heterocycles. The van der Waals surface area contributed by atoms with E-state index in [9.17, 15) is 0 Å². The number of nitrogens with two attached hydrogens (primary N) is 1. The maximum Gasteiger partial charge on any atom is 0.202 e. The number of hydrogen-bond acceptors (Lipinski definition) is 4. The summed E-state index contributed by atoms with van der Waals surface area (Å²) < 4.78 is 7.53. The predicted molar refractivity (Wildman–Crippen MR) is 70.2 cm³/mol. The zero-order chi connectivity index (χ0) is 12.9. The third-order valence-corrected chi connectivity index (χ3v) is 4.20. The monoisotopic (exact) mass is 246 g/mol. The Morgan fingerprint density at radius 1 is 1.50 bits per heavy atom. The van der Waals surface area contributed by atoms with Crippen LogP contribution in [-0.2, 0) is 4.74 Å². The first-order chi connectivity index (χ1) is 8.55. The van der Waals surface area contributed by atoms with Crippen molar-refractivity contribution in [1.29, 1.82) is 0 Å². The van der Waals surface area contributed by atoms with Crippen LogP contribution in [-0.4, -0.2) is 27.7 Å². The minimum Gasteiger partial charge on any atom is -0.381 e. The summed E-state index contributed by atoms with van der Waals surface area (Å²) in [6, 6.07) is 4.11. The lowest BCUT2D eigenvalue weighted by Gasteiger charge is -2.51. The summed E-state index contributed by atoms with van der Waals surface area (Å²) in [6.45, 7) is 4.40. The van der Waals surface area contributed by atoms with Gasteiger partial charge in [0.15, 0.2) is 5.65 Å². The summed E-state index contributed by atoms with van der Waals surface area (Å²) in [4.78, 5) is 8.77. The second-order valence-electron chi connectivity index (χ2n) is 5.48. The van der Waals surface area contributed by atoms with Crippen LogP contribution in [0.1, 0.15) is 26.3 Å². The van der Waals surface area contributed by atoms with Crippen molar-refractivity contribution in [2.75, 3.05) is 12.8 Å². The molecule has 5 heteroatoms. The van der Waals surface area contributed by atoms with Gasteiger partial charge in [0.1, 0.15) is 5.52 Å². The normalized spacial score (nSPS) is 26.2. The molecule has 0 amide bonds. The van der Waals surface area contributed by atoms with Crippen molar-refractivity contribution in [3.8, 4) is 0 Å². The first kappa shape index (κ1) is 11.5. The highest BCUT2D eigenvalue weighted by Gasteiger charge is 2.50. The number of anilines is 1. The molecule has 5 nitrogen and oxygen atoms in total. The number of methoxy groups -OCH3 is 1. The fourth-order valence-electron chi connectivity index (χ4n) is 2.96. The van der Waals surface area contributed by atoms with E-state index in [0.29, 0.717) is 12.0 Å². The fourth-order valence-corrected chi connectivity index (χ4v) is 2.96. The Bertz CT molecular complexity index is 590. The summed E-state index contributed by atoms with van der Waals surface area (Å²) >= 11 is 0. The van der Waals surface area contributed by atoms with E-state index in [1.165, 1.54) is 0 Å². The quantitative estimate of drug-likeness (QED) is 0.880. The second kappa shape index (κ2) is 3.68. The van der Waals surface area contributed by atoms with E-state index in [4.69, 9.17) is 10.5 Å². The molecule has 2 unspecified atom stereocenters. The third kappa shape index (κ3) is 1.37. The van der Waals surface area contributed by atoms with E-state index in [1.54, 1.807) is 13.3 Å². The minimum absolute atomic E-state index is 0.0496. The molecule has 0 radical (unpaired) electrons. The molecule has 2 atom stereocenters. The summed E-state index contributed by atoms with van der Waals surface area (Å²) in [5.41, 5.74) is 7.81. The van der Waals surface area contributed by atoms with Crippen LogP contribution in [0.2, 0.25) is 0 Å². The maximum absolute atomic E-state index is 6.04. The Labute approximate surface area is 106 Å². The van der Waals surface area contributed by atoms with Gasteiger partial charge >= 0.3 is 0 Å². The molecule has 2 heterocycles. The number of pyridine rings is 1. The van der Waals surface area contributed by atoms with Crippen molar-refractivity contribution < 1.29 is 4.74 Å². The number of ether oxygens (including phenoxy) is 1. The highest BCUT2D eigenvalue weighted by Crippen LogP contribution is 2.52. The molecule has 0 spiro atoms. The van der Waals surface area contributed by atoms with Crippen molar-refractivity contribution in [2.24, 2.45) is 5.41 Å². The molecule has 1 saturated carbocycles. The van der Waals surface area contributed by atoms with Crippen LogP contribution in [0.4, 0.5) is 5.95 Å². The number of fused-ring (bicyclic) bond motifs is 1. The Kier molecular flexibility index (Phi) is 2.35. The van der Waals surface area contributed by atoms with Crippen LogP contribution in [0.25, 0.3) is 11.2 Å². The van der Waals surface area contributed by atoms with Gasteiger partial charge in [-0.15, -0.1) is 0 Å². The topological polar surface area (TPSA) is 66.0 Å². The Balaban J connectivity index is 2.08. The van der Waals surface area contributed by atoms with Crippen molar-refractivity contribution in [3.63, 3.8) is 0 Å². The molecule has 0 bridgehead atoms. The SMILES string of the molecule is COC1CC(n2c(N)nc3cccnc32)C1(C)C. The van der Waals surface area contributed by atoms with Gasteiger partial charge in [0, 0.05) is 24.8 Å². The fraction of sp³-hybridized carbons (Fsp3) is 0.538. The molecule has 96 valence electrons. The van der Waals surface area contributed by atoms with Crippen LogP contribution in [0.5, 0.6) is 0 Å². The molecule has 1 aliphatic carbocycles. The average Bonchev–Trinajstić information content (AvgIpc) is 2.65. The highest BCUT2D eigenvalue weighted by atomic mass is 16.5. The largest absolute Gasteiger partial charge is 0.381 e. The number of hydrogen-bond donors (Lipinski definition) is 1. The lowest BCUT2D eigenvalue weighted by molar-refractivity contribution is -0.111. The number of nitrogens with zero attached hydrogens (tertiary/aromatic N) is 3. The Morgan fingerprint density at radius 3 is 2.94 bits per heavy atom. The smallest absolute Gasteiger partial charge is 0.202 e. The average molecular weight is 246 g/mol. The van der Waals surface area contributed by atoms with Gasteiger partial charge in [-0.05, 0) is 18.6 Å². The van der Waals surface area contributed by atoms with Gasteiger partial charge in [0.25, 0.3) is 0 Å². The van der Waals surface area contributed by atoms with E-state index >= 15 is 0 Å². The van der Waals surface area contributed by atoms with Crippen LogP contribution >= 0.6 is 0 Å². The van der Waals surface area contributed by atoms with Crippen LogP contribution < -0.4 is 5.73 Å². The van der Waals surface area contributed by atoms with Crippen LogP contribution in [0.3, 0.4) is 0 Å². The van der Waals surface area contributed by atoms with Crippen molar-refractivity contribution in [1.82, 2.24) is 14.5 Å². The minimum atomic E-state index is 0.0496. The Morgan fingerprint density at radius 2 is 2.28 bits per heavy atom. The van der Waals surface area contributed by atoms with Gasteiger partial charge in [0.05, 0.1) is 6.10 Å². The molecule has 0 saturated heterocycles. The van der Waals surface area contributed by atoms with Crippen LogP contribution in [0.15, 0.2) is 18.3 Å². The number of nitrogen functional groups attached to an aromatic ring is 1. The lowest BCUT2D eigenvalue weighted by atomic mass is 9.64. The van der Waals surface area contributed by atoms with Gasteiger partial charge in [-0.3, -0.25) is 4.57 Å². The summed E-state index contributed by atoms with van der Waals surface area (Å²) in [6.07, 6.45) is 3.00. The van der Waals surface area contributed by atoms with E-state index < -0.39 is 0 Å². The molecular formula is C13H18N4O. The number of imidazole rings is 1. The zero-order valence-corrected chi connectivity index (χ0v) is 10.9. The van der Waals surface area contributed by atoms with Gasteiger partial charge in [0.2, 0.25) is 5.95 Å². The molecule has 2 N–H and O–H groups in total. The molecule has 1 fully saturated rings. The first-order valence-corrected chi connectivity index (χ1v) is 6.17. The van der Waals surface area contributed by atoms with E-state index in [-0.39, 0.29) is 11.5 Å². The standard InChI is InChI=1S/C13H18N4O/c1-13(2)9(7-10(13)18-3)17-11-8(16-12(17)14)5-4-6-15-11/h4-6,9-10H,7H2,1-3H3,(H2,14,16). The third-order valence-electron chi connectivity index (χ3n) is 4.20. The summed E-state index contributed by atoms with van der Waals surface area (Å²) in [7, 11) is 1.76. The van der Waals surface area contributed by atoms with Gasteiger partial charge in [-0.2, -0.15) is 0 Å². The Hall–Kier alpha value is -1.62. The van der Waals surface area contributed by atoms with Gasteiger partial charge in [-0.1, -0.05) is 13.8 Å². The highest BCUT2D eigenvalue weighted by molar-refractivity contribution is 5.74. The van der Waals surface area contributed by atoms with Gasteiger partial charge < -0.3 is 10.5 Å². The van der Waals surface area contributed by atoms with Crippen LogP contribution in [0, 0.1) is 5.41 Å². The van der Waals surface area contributed by atoms with E-state index in [1.807, 2.05) is 16.7 Å². The summed E-state index contributed by atoms with van der Waals surface area (Å²) in [5.74, 6) is 0.538. The maximum atomic E-state index is 6.04. The van der Waals surface area contributed by atoms with Crippen molar-refractivity contribution in [3.05, 3.63) is 18.3 Å². The molecule has 0 aliphatic heterocycles. The molecule has 18 heavy (non-hydrogen) atoms. The van der Waals surface area contributed by atoms with Crippen molar-refractivity contribution in [2.45, 2.75) is 32.4 Å². The molecule has 2 aromatic rings. The number of rotatable bonds is 2. The molecular weight excluding hydrogens is 228 g/mol. The summed E-state index contributed by atoms with van der Waals surface area (Å²) in [5, 5.41) is 0. The first-order valence-electron chi connectivity index (χ1n) is 6.17.